The van der Waals surface area contributed by atoms with Crippen molar-refractivity contribution >= 4 is 50.3 Å². The lowest BCUT2D eigenvalue weighted by Gasteiger charge is -2.08. The average Bonchev–Trinajstić information content (AvgIpc) is 3.13. The summed E-state index contributed by atoms with van der Waals surface area (Å²) in [5.41, 5.74) is 0.712. The van der Waals surface area contributed by atoms with Gasteiger partial charge in [0, 0.05) is 9.69 Å². The lowest BCUT2D eigenvalue weighted by Crippen LogP contribution is -2.24. The largest absolute Gasteiger partial charge is 0.493 e. The van der Waals surface area contributed by atoms with Crippen molar-refractivity contribution in [3.8, 4) is 5.88 Å². The smallest absolute Gasteiger partial charge is 0.311 e. The lowest BCUT2D eigenvalue weighted by molar-refractivity contribution is -0.117. The second kappa shape index (κ2) is 7.17. The van der Waals surface area contributed by atoms with E-state index >= 15 is 0 Å². The normalized spacial score (nSPS) is 12.6. The minimum absolute atomic E-state index is 0.109. The number of halogens is 1. The van der Waals surface area contributed by atoms with Crippen molar-refractivity contribution in [3.63, 3.8) is 0 Å². The van der Waals surface area contributed by atoms with E-state index in [4.69, 9.17) is 0 Å². The van der Waals surface area contributed by atoms with E-state index in [1.807, 2.05) is 0 Å². The molecule has 0 bridgehead atoms. The van der Waals surface area contributed by atoms with E-state index in [1.54, 1.807) is 48.5 Å². The number of fused-ring (bicyclic) bond motifs is 1. The molecule has 9 heteroatoms. The molecule has 2 heterocycles. The highest BCUT2D eigenvalue weighted by Crippen LogP contribution is 2.28. The summed E-state index contributed by atoms with van der Waals surface area (Å²) in [6.45, 7) is -0.386. The summed E-state index contributed by atoms with van der Waals surface area (Å²) in [5, 5.41) is 14.3. The molecule has 0 saturated carbocycles. The van der Waals surface area contributed by atoms with Gasteiger partial charge in [-0.3, -0.25) is 19.0 Å². The van der Waals surface area contributed by atoms with E-state index in [0.29, 0.717) is 32.1 Å². The van der Waals surface area contributed by atoms with E-state index in [-0.39, 0.29) is 17.0 Å². The minimum atomic E-state index is -0.542. The first kappa shape index (κ1) is 18.3. The first-order valence-electron chi connectivity index (χ1n) is 8.15. The van der Waals surface area contributed by atoms with Crippen LogP contribution in [0.25, 0.3) is 5.57 Å². The van der Waals surface area contributed by atoms with Gasteiger partial charge in [0.1, 0.15) is 11.4 Å². The number of amides is 2. The highest BCUT2D eigenvalue weighted by atomic mass is 79.9. The summed E-state index contributed by atoms with van der Waals surface area (Å²) in [4.78, 5) is 40.5. The third-order valence-electron chi connectivity index (χ3n) is 4.15. The Balaban J connectivity index is 1.69. The highest BCUT2D eigenvalue weighted by molar-refractivity contribution is 9.10. The quantitative estimate of drug-likeness (QED) is 0.617. The number of rotatable bonds is 4. The topological polar surface area (TPSA) is 101 Å². The summed E-state index contributed by atoms with van der Waals surface area (Å²) in [5.74, 6) is -1.43. The second-order valence-corrected chi connectivity index (χ2v) is 7.76. The maximum absolute atomic E-state index is 12.4. The van der Waals surface area contributed by atoms with Crippen LogP contribution in [0.3, 0.4) is 0 Å². The standard InChI is InChI=1S/C19H12BrN3O4S/c20-11-6-2-4-8-13(11)21-14(24)9-23-18(26)16(28-19(23)27)15-10-5-1-3-7-12(10)22-17(15)25/h1-8,26H,9H2,(H,21,24). The van der Waals surface area contributed by atoms with Gasteiger partial charge in [0.25, 0.3) is 5.91 Å². The highest BCUT2D eigenvalue weighted by Gasteiger charge is 2.26. The molecule has 3 aromatic rings. The number of hydrogen-bond acceptors (Lipinski definition) is 5. The van der Waals surface area contributed by atoms with Gasteiger partial charge in [0.15, 0.2) is 0 Å². The molecule has 0 spiro atoms. The Morgan fingerprint density at radius 2 is 1.86 bits per heavy atom. The Morgan fingerprint density at radius 1 is 1.14 bits per heavy atom. The van der Waals surface area contributed by atoms with Crippen molar-refractivity contribution in [1.82, 2.24) is 4.57 Å². The Labute approximate surface area is 170 Å². The number of thiazole rings is 1. The van der Waals surface area contributed by atoms with E-state index in [0.717, 1.165) is 4.57 Å². The van der Waals surface area contributed by atoms with E-state index in [2.05, 4.69) is 26.2 Å². The van der Waals surface area contributed by atoms with E-state index in [1.165, 1.54) is 0 Å². The Bertz CT molecular complexity index is 1310. The molecule has 1 aliphatic heterocycles. The van der Waals surface area contributed by atoms with Gasteiger partial charge in [0.2, 0.25) is 11.8 Å². The molecule has 0 saturated heterocycles. The average molecular weight is 458 g/mol. The number of aromatic hydroxyl groups is 1. The zero-order valence-corrected chi connectivity index (χ0v) is 16.6. The number of hydrogen-bond donors (Lipinski definition) is 2. The molecule has 140 valence electrons. The van der Waals surface area contributed by atoms with Gasteiger partial charge in [-0.05, 0) is 34.1 Å². The number of anilines is 1. The Hall–Kier alpha value is -3.04. The molecule has 28 heavy (non-hydrogen) atoms. The number of aromatic nitrogens is 1. The van der Waals surface area contributed by atoms with Crippen LogP contribution < -0.4 is 20.8 Å². The van der Waals surface area contributed by atoms with Gasteiger partial charge < -0.3 is 10.4 Å². The van der Waals surface area contributed by atoms with Crippen molar-refractivity contribution < 1.29 is 14.7 Å². The molecule has 2 aromatic carbocycles. The molecule has 0 fully saturated rings. The molecule has 2 N–H and O–H groups in total. The fourth-order valence-corrected chi connectivity index (χ4v) is 4.20. The minimum Gasteiger partial charge on any atom is -0.493 e. The summed E-state index contributed by atoms with van der Waals surface area (Å²) < 4.78 is 1.63. The van der Waals surface area contributed by atoms with Crippen LogP contribution in [0.2, 0.25) is 0 Å². The lowest BCUT2D eigenvalue weighted by atomic mass is 10.1. The Kier molecular flexibility index (Phi) is 4.70. The number of benzene rings is 2. The van der Waals surface area contributed by atoms with E-state index in [9.17, 15) is 19.5 Å². The molecule has 1 aliphatic rings. The SMILES string of the molecule is O=C(Cn1c(O)c(C2=c3ccccc3=NC2=O)sc1=O)Nc1ccccc1Br. The van der Waals surface area contributed by atoms with Gasteiger partial charge >= 0.3 is 4.87 Å². The van der Waals surface area contributed by atoms with Gasteiger partial charge in [-0.15, -0.1) is 0 Å². The molecule has 0 aliphatic carbocycles. The molecule has 4 rings (SSSR count). The van der Waals surface area contributed by atoms with Crippen LogP contribution in [0.4, 0.5) is 5.69 Å². The molecule has 2 amide bonds. The molecule has 7 nitrogen and oxygen atoms in total. The molecule has 0 unspecified atom stereocenters. The molecular formula is C19H12BrN3O4S. The number of carbonyl (C=O) groups excluding carboxylic acids is 2. The van der Waals surface area contributed by atoms with Crippen LogP contribution in [-0.4, -0.2) is 21.5 Å². The Morgan fingerprint density at radius 3 is 2.64 bits per heavy atom. The van der Waals surface area contributed by atoms with Crippen LogP contribution in [0.1, 0.15) is 4.88 Å². The second-order valence-electron chi connectivity index (χ2n) is 5.94. The summed E-state index contributed by atoms with van der Waals surface area (Å²) >= 11 is 4.04. The van der Waals surface area contributed by atoms with Gasteiger partial charge in [-0.2, -0.15) is 0 Å². The maximum atomic E-state index is 12.4. The van der Waals surface area contributed by atoms with Crippen LogP contribution in [0, 0.1) is 0 Å². The van der Waals surface area contributed by atoms with Crippen molar-refractivity contribution in [2.24, 2.45) is 4.99 Å². The molecule has 1 aromatic heterocycles. The molecule has 0 atom stereocenters. The van der Waals surface area contributed by atoms with Crippen LogP contribution in [-0.2, 0) is 16.1 Å². The number of carbonyl (C=O) groups is 2. The van der Waals surface area contributed by atoms with Crippen LogP contribution in [0.15, 0.2) is 62.8 Å². The van der Waals surface area contributed by atoms with Crippen LogP contribution >= 0.6 is 27.3 Å². The van der Waals surface area contributed by atoms with Crippen molar-refractivity contribution in [2.75, 3.05) is 5.32 Å². The fraction of sp³-hybridized carbons (Fsp3) is 0.0526. The zero-order valence-electron chi connectivity index (χ0n) is 14.2. The maximum Gasteiger partial charge on any atom is 0.311 e. The molecular weight excluding hydrogens is 446 g/mol. The first-order valence-corrected chi connectivity index (χ1v) is 9.76. The predicted molar refractivity (Wildman–Crippen MR) is 108 cm³/mol. The number of nitrogens with one attached hydrogen (secondary N) is 1. The number of nitrogens with zero attached hydrogens (tertiary/aromatic N) is 2. The predicted octanol–water partition coefficient (Wildman–Crippen LogP) is 1.38. The van der Waals surface area contributed by atoms with Crippen LogP contribution in [0.5, 0.6) is 5.88 Å². The van der Waals surface area contributed by atoms with Gasteiger partial charge in [-0.25, -0.2) is 4.99 Å². The number of para-hydroxylation sites is 2. The summed E-state index contributed by atoms with van der Waals surface area (Å²) in [6, 6.07) is 13.9. The monoisotopic (exact) mass is 457 g/mol. The summed E-state index contributed by atoms with van der Waals surface area (Å²) in [7, 11) is 0. The van der Waals surface area contributed by atoms with Crippen molar-refractivity contribution in [2.45, 2.75) is 6.54 Å². The van der Waals surface area contributed by atoms with Crippen molar-refractivity contribution in [3.05, 3.63) is 78.1 Å². The van der Waals surface area contributed by atoms with Crippen molar-refractivity contribution in [1.29, 1.82) is 0 Å². The van der Waals surface area contributed by atoms with E-state index < -0.39 is 22.6 Å². The fourth-order valence-electron chi connectivity index (χ4n) is 2.88. The van der Waals surface area contributed by atoms with Gasteiger partial charge in [0.05, 0.1) is 16.6 Å². The molecule has 0 radical (unpaired) electrons. The summed E-state index contributed by atoms with van der Waals surface area (Å²) in [6.07, 6.45) is 0. The van der Waals surface area contributed by atoms with Gasteiger partial charge in [-0.1, -0.05) is 41.7 Å². The zero-order chi connectivity index (χ0) is 19.8. The third-order valence-corrected chi connectivity index (χ3v) is 5.83. The first-order chi connectivity index (χ1) is 13.5. The third kappa shape index (κ3) is 3.19.